The van der Waals surface area contributed by atoms with Gasteiger partial charge in [-0.3, -0.25) is 4.79 Å². The fourth-order valence-electron chi connectivity index (χ4n) is 1.87. The fraction of sp³-hybridized carbons (Fsp3) is 0.583. The summed E-state index contributed by atoms with van der Waals surface area (Å²) in [6, 6.07) is 2.26. The quantitative estimate of drug-likeness (QED) is 0.826. The van der Waals surface area contributed by atoms with Gasteiger partial charge in [0.05, 0.1) is 0 Å². The SMILES string of the molecule is Cl.NCC(NC(=O)CCc1cc(Br)cs1)C1CC1. The van der Waals surface area contributed by atoms with E-state index in [9.17, 15) is 4.79 Å². The number of amides is 1. The molecule has 1 fully saturated rings. The minimum absolute atomic E-state index is 0. The van der Waals surface area contributed by atoms with Crippen LogP contribution < -0.4 is 11.1 Å². The number of aryl methyl sites for hydroxylation is 1. The highest BCUT2D eigenvalue weighted by atomic mass is 79.9. The minimum Gasteiger partial charge on any atom is -0.352 e. The Morgan fingerprint density at radius 2 is 2.33 bits per heavy atom. The Hall–Kier alpha value is -0.100. The maximum Gasteiger partial charge on any atom is 0.220 e. The van der Waals surface area contributed by atoms with E-state index >= 15 is 0 Å². The first-order valence-electron chi connectivity index (χ1n) is 5.91. The third-order valence-corrected chi connectivity index (χ3v) is 4.77. The molecule has 102 valence electrons. The van der Waals surface area contributed by atoms with Gasteiger partial charge in [0.2, 0.25) is 5.91 Å². The van der Waals surface area contributed by atoms with Gasteiger partial charge in [-0.05, 0) is 47.2 Å². The maximum absolute atomic E-state index is 11.8. The van der Waals surface area contributed by atoms with Gasteiger partial charge in [-0.1, -0.05) is 0 Å². The van der Waals surface area contributed by atoms with Crippen LogP contribution in [0.3, 0.4) is 0 Å². The van der Waals surface area contributed by atoms with E-state index in [0.29, 0.717) is 18.9 Å². The van der Waals surface area contributed by atoms with Crippen molar-refractivity contribution < 1.29 is 4.79 Å². The summed E-state index contributed by atoms with van der Waals surface area (Å²) in [4.78, 5) is 13.0. The third kappa shape index (κ3) is 4.88. The van der Waals surface area contributed by atoms with E-state index < -0.39 is 0 Å². The molecule has 0 bridgehead atoms. The number of hydrogen-bond donors (Lipinski definition) is 2. The monoisotopic (exact) mass is 352 g/mol. The lowest BCUT2D eigenvalue weighted by Crippen LogP contribution is -2.41. The average molecular weight is 354 g/mol. The first kappa shape index (κ1) is 16.0. The van der Waals surface area contributed by atoms with E-state index in [4.69, 9.17) is 5.73 Å². The Bertz CT molecular complexity index is 395. The maximum atomic E-state index is 11.8. The molecule has 1 unspecified atom stereocenters. The highest BCUT2D eigenvalue weighted by Gasteiger charge is 2.30. The van der Waals surface area contributed by atoms with Gasteiger partial charge in [-0.15, -0.1) is 23.7 Å². The number of carbonyl (C=O) groups excluding carboxylic acids is 1. The molecule has 0 spiro atoms. The van der Waals surface area contributed by atoms with Gasteiger partial charge in [-0.25, -0.2) is 0 Å². The number of nitrogens with two attached hydrogens (primary N) is 1. The number of halogens is 2. The Labute approximate surface area is 126 Å². The number of thiophene rings is 1. The minimum atomic E-state index is 0. The van der Waals surface area contributed by atoms with E-state index in [1.165, 1.54) is 17.7 Å². The van der Waals surface area contributed by atoms with Crippen molar-refractivity contribution in [1.29, 1.82) is 0 Å². The molecule has 3 N–H and O–H groups in total. The molecule has 0 saturated heterocycles. The van der Waals surface area contributed by atoms with Crippen LogP contribution in [0.4, 0.5) is 0 Å². The Kier molecular flexibility index (Phi) is 6.63. The summed E-state index contributed by atoms with van der Waals surface area (Å²) in [6.45, 7) is 0.557. The summed E-state index contributed by atoms with van der Waals surface area (Å²) in [6.07, 6.45) is 3.78. The van der Waals surface area contributed by atoms with Gasteiger partial charge in [0.15, 0.2) is 0 Å². The molecule has 2 rings (SSSR count). The summed E-state index contributed by atoms with van der Waals surface area (Å²) in [5.74, 6) is 0.747. The van der Waals surface area contributed by atoms with Crippen LogP contribution >= 0.6 is 39.7 Å². The van der Waals surface area contributed by atoms with Crippen molar-refractivity contribution in [2.24, 2.45) is 11.7 Å². The highest BCUT2D eigenvalue weighted by Crippen LogP contribution is 2.32. The second-order valence-electron chi connectivity index (χ2n) is 4.48. The van der Waals surface area contributed by atoms with Crippen molar-refractivity contribution >= 4 is 45.6 Å². The number of rotatable bonds is 6. The summed E-state index contributed by atoms with van der Waals surface area (Å²) >= 11 is 5.09. The standard InChI is InChI=1S/C12H17BrN2OS.ClH/c13-9-5-10(17-7-9)3-4-12(16)15-11(6-14)8-1-2-8;/h5,7-8,11H,1-4,6,14H2,(H,15,16);1H. The molecular formula is C12H18BrClN2OS. The molecule has 1 atom stereocenters. The molecule has 1 amide bonds. The van der Waals surface area contributed by atoms with Gasteiger partial charge in [0, 0.05) is 33.7 Å². The first-order chi connectivity index (χ1) is 8.19. The molecule has 1 saturated carbocycles. The second kappa shape index (κ2) is 7.48. The lowest BCUT2D eigenvalue weighted by molar-refractivity contribution is -0.121. The van der Waals surface area contributed by atoms with E-state index in [2.05, 4.69) is 27.3 Å². The molecule has 3 nitrogen and oxygen atoms in total. The van der Waals surface area contributed by atoms with Gasteiger partial charge >= 0.3 is 0 Å². The predicted molar refractivity (Wildman–Crippen MR) is 81.3 cm³/mol. The van der Waals surface area contributed by atoms with Gasteiger partial charge in [0.25, 0.3) is 0 Å². The van der Waals surface area contributed by atoms with Crippen molar-refractivity contribution in [3.05, 3.63) is 20.8 Å². The van der Waals surface area contributed by atoms with Gasteiger partial charge < -0.3 is 11.1 Å². The van der Waals surface area contributed by atoms with Crippen molar-refractivity contribution in [3.63, 3.8) is 0 Å². The molecule has 6 heteroatoms. The van der Waals surface area contributed by atoms with Crippen LogP contribution in [-0.2, 0) is 11.2 Å². The molecule has 0 aromatic carbocycles. The molecule has 0 aliphatic heterocycles. The van der Waals surface area contributed by atoms with Crippen molar-refractivity contribution in [2.75, 3.05) is 6.54 Å². The lowest BCUT2D eigenvalue weighted by Gasteiger charge is -2.15. The van der Waals surface area contributed by atoms with Crippen LogP contribution in [0.15, 0.2) is 15.9 Å². The van der Waals surface area contributed by atoms with E-state index in [0.717, 1.165) is 10.9 Å². The van der Waals surface area contributed by atoms with Crippen LogP contribution in [-0.4, -0.2) is 18.5 Å². The summed E-state index contributed by atoms with van der Waals surface area (Å²) < 4.78 is 1.09. The first-order valence-corrected chi connectivity index (χ1v) is 7.58. The number of hydrogen-bond acceptors (Lipinski definition) is 3. The molecule has 1 heterocycles. The average Bonchev–Trinajstić information content (AvgIpc) is 3.07. The normalized spacial score (nSPS) is 15.9. The van der Waals surface area contributed by atoms with Crippen LogP contribution in [0.1, 0.15) is 24.1 Å². The van der Waals surface area contributed by atoms with Gasteiger partial charge in [-0.2, -0.15) is 0 Å². The largest absolute Gasteiger partial charge is 0.352 e. The zero-order valence-corrected chi connectivity index (χ0v) is 13.2. The Morgan fingerprint density at radius 3 is 2.83 bits per heavy atom. The molecule has 0 radical (unpaired) electrons. The van der Waals surface area contributed by atoms with Crippen molar-refractivity contribution in [3.8, 4) is 0 Å². The highest BCUT2D eigenvalue weighted by molar-refractivity contribution is 9.10. The molecule has 1 aromatic rings. The summed E-state index contributed by atoms with van der Waals surface area (Å²) in [7, 11) is 0. The zero-order valence-electron chi connectivity index (χ0n) is 10.0. The molecule has 1 aliphatic rings. The fourth-order valence-corrected chi connectivity index (χ4v) is 3.32. The summed E-state index contributed by atoms with van der Waals surface area (Å²) in [5, 5.41) is 5.08. The number of carbonyl (C=O) groups is 1. The van der Waals surface area contributed by atoms with E-state index in [1.807, 2.05) is 5.38 Å². The van der Waals surface area contributed by atoms with Crippen LogP contribution in [0.2, 0.25) is 0 Å². The topological polar surface area (TPSA) is 55.1 Å². The lowest BCUT2D eigenvalue weighted by atomic mass is 10.1. The molecule has 18 heavy (non-hydrogen) atoms. The van der Waals surface area contributed by atoms with Crippen LogP contribution in [0.5, 0.6) is 0 Å². The smallest absolute Gasteiger partial charge is 0.220 e. The van der Waals surface area contributed by atoms with Gasteiger partial charge in [0.1, 0.15) is 0 Å². The van der Waals surface area contributed by atoms with Crippen molar-refractivity contribution in [1.82, 2.24) is 5.32 Å². The van der Waals surface area contributed by atoms with E-state index in [1.54, 1.807) is 11.3 Å². The van der Waals surface area contributed by atoms with E-state index in [-0.39, 0.29) is 24.4 Å². The summed E-state index contributed by atoms with van der Waals surface area (Å²) in [5.41, 5.74) is 5.65. The second-order valence-corrected chi connectivity index (χ2v) is 6.39. The number of nitrogens with one attached hydrogen (secondary N) is 1. The van der Waals surface area contributed by atoms with Crippen LogP contribution in [0.25, 0.3) is 0 Å². The van der Waals surface area contributed by atoms with Crippen LogP contribution in [0, 0.1) is 5.92 Å². The molecular weight excluding hydrogens is 336 g/mol. The van der Waals surface area contributed by atoms with Crippen molar-refractivity contribution in [2.45, 2.75) is 31.7 Å². The third-order valence-electron chi connectivity index (χ3n) is 3.01. The zero-order chi connectivity index (χ0) is 12.3. The Balaban J connectivity index is 0.00000162. The Morgan fingerprint density at radius 1 is 1.61 bits per heavy atom. The molecule has 1 aliphatic carbocycles. The predicted octanol–water partition coefficient (Wildman–Crippen LogP) is 2.72. The molecule has 1 aromatic heterocycles.